The molecular formula is C13H17FN2O2. The van der Waals surface area contributed by atoms with Crippen molar-refractivity contribution in [3.8, 4) is 0 Å². The fraction of sp³-hybridized carbons (Fsp3) is 0.538. The Hall–Kier alpha value is -1.49. The van der Waals surface area contributed by atoms with Crippen molar-refractivity contribution in [1.29, 1.82) is 0 Å². The Morgan fingerprint density at radius 1 is 1.50 bits per heavy atom. The highest BCUT2D eigenvalue weighted by Gasteiger charge is 2.33. The average Bonchev–Trinajstić information content (AvgIpc) is 2.85. The van der Waals surface area contributed by atoms with Crippen LogP contribution >= 0.6 is 0 Å². The molecule has 98 valence electrons. The van der Waals surface area contributed by atoms with E-state index in [9.17, 15) is 14.3 Å². The minimum absolute atomic E-state index is 0.0813. The predicted octanol–water partition coefficient (Wildman–Crippen LogP) is 1.50. The first-order valence-corrected chi connectivity index (χ1v) is 6.16. The number of aliphatic hydroxyl groups excluding tert-OH is 1. The highest BCUT2D eigenvalue weighted by atomic mass is 19.1. The zero-order valence-corrected chi connectivity index (χ0v) is 10.2. The Labute approximate surface area is 105 Å². The van der Waals surface area contributed by atoms with Crippen molar-refractivity contribution in [2.45, 2.75) is 25.7 Å². The van der Waals surface area contributed by atoms with Gasteiger partial charge in [0.05, 0.1) is 6.61 Å². The maximum absolute atomic E-state index is 12.9. The van der Waals surface area contributed by atoms with Gasteiger partial charge in [0.2, 0.25) is 5.95 Å². The van der Waals surface area contributed by atoms with Gasteiger partial charge in [-0.15, -0.1) is 0 Å². The first kappa shape index (κ1) is 13.0. The summed E-state index contributed by atoms with van der Waals surface area (Å²) < 4.78 is 12.9. The van der Waals surface area contributed by atoms with E-state index in [2.05, 4.69) is 10.3 Å². The number of pyridine rings is 1. The minimum Gasteiger partial charge on any atom is -0.396 e. The van der Waals surface area contributed by atoms with Gasteiger partial charge in [-0.25, -0.2) is 4.98 Å². The van der Waals surface area contributed by atoms with E-state index in [0.29, 0.717) is 6.54 Å². The van der Waals surface area contributed by atoms with Gasteiger partial charge in [-0.3, -0.25) is 4.79 Å². The first-order valence-electron chi connectivity index (χ1n) is 6.16. The Morgan fingerprint density at radius 2 is 2.22 bits per heavy atom. The number of amides is 1. The summed E-state index contributed by atoms with van der Waals surface area (Å²) in [6.45, 7) is 0.518. The average molecular weight is 252 g/mol. The largest absolute Gasteiger partial charge is 0.396 e. The predicted molar refractivity (Wildman–Crippen MR) is 64.5 cm³/mol. The van der Waals surface area contributed by atoms with Crippen molar-refractivity contribution in [3.63, 3.8) is 0 Å². The summed E-state index contributed by atoms with van der Waals surface area (Å²) >= 11 is 0. The van der Waals surface area contributed by atoms with Crippen LogP contribution in [0, 0.1) is 11.4 Å². The summed E-state index contributed by atoms with van der Waals surface area (Å²) in [6, 6.07) is 2.58. The summed E-state index contributed by atoms with van der Waals surface area (Å²) in [5.41, 5.74) is 0.0647. The van der Waals surface area contributed by atoms with Crippen LogP contribution in [0.4, 0.5) is 4.39 Å². The standard InChI is InChI=1S/C13H17FN2O2/c14-11-7-10(3-6-15-11)12(18)16-8-13(9-17)4-1-2-5-13/h3,6-7,17H,1-2,4-5,8-9H2,(H,16,18). The van der Waals surface area contributed by atoms with Crippen LogP contribution in [0.1, 0.15) is 36.0 Å². The second kappa shape index (κ2) is 5.44. The molecule has 0 spiro atoms. The maximum atomic E-state index is 12.9. The van der Waals surface area contributed by atoms with Gasteiger partial charge in [0, 0.05) is 29.8 Å². The molecule has 2 rings (SSSR count). The SMILES string of the molecule is O=C(NCC1(CO)CCCC1)c1ccnc(F)c1. The lowest BCUT2D eigenvalue weighted by Crippen LogP contribution is -2.38. The molecule has 0 saturated heterocycles. The van der Waals surface area contributed by atoms with E-state index in [1.54, 1.807) is 0 Å². The van der Waals surface area contributed by atoms with Gasteiger partial charge in [0.1, 0.15) is 0 Å². The van der Waals surface area contributed by atoms with Crippen LogP contribution in [0.15, 0.2) is 18.3 Å². The Kier molecular flexibility index (Phi) is 3.91. The number of hydrogen-bond donors (Lipinski definition) is 2. The van der Waals surface area contributed by atoms with Gasteiger partial charge in [-0.2, -0.15) is 4.39 Å². The molecule has 1 heterocycles. The number of rotatable bonds is 4. The highest BCUT2D eigenvalue weighted by molar-refractivity contribution is 5.94. The molecule has 1 saturated carbocycles. The summed E-state index contributed by atoms with van der Waals surface area (Å²) in [6.07, 6.45) is 5.28. The third kappa shape index (κ3) is 2.85. The van der Waals surface area contributed by atoms with Crippen molar-refractivity contribution in [3.05, 3.63) is 29.8 Å². The van der Waals surface area contributed by atoms with E-state index in [4.69, 9.17) is 0 Å². The number of aliphatic hydroxyl groups is 1. The number of nitrogens with zero attached hydrogens (tertiary/aromatic N) is 1. The van der Waals surface area contributed by atoms with E-state index in [-0.39, 0.29) is 23.5 Å². The van der Waals surface area contributed by atoms with Crippen LogP contribution in [0.5, 0.6) is 0 Å². The Morgan fingerprint density at radius 3 is 2.83 bits per heavy atom. The molecule has 0 bridgehead atoms. The van der Waals surface area contributed by atoms with Crippen LogP contribution in [0.2, 0.25) is 0 Å². The summed E-state index contributed by atoms with van der Waals surface area (Å²) in [5.74, 6) is -0.989. The number of aromatic nitrogens is 1. The lowest BCUT2D eigenvalue weighted by atomic mass is 9.87. The molecule has 1 fully saturated rings. The summed E-state index contributed by atoms with van der Waals surface area (Å²) in [5, 5.41) is 12.2. The van der Waals surface area contributed by atoms with Crippen LogP contribution in [-0.4, -0.2) is 29.1 Å². The monoisotopic (exact) mass is 252 g/mol. The number of carbonyl (C=O) groups excluding carboxylic acids is 1. The second-order valence-corrected chi connectivity index (χ2v) is 4.92. The quantitative estimate of drug-likeness (QED) is 0.798. The molecule has 1 aromatic rings. The number of carbonyl (C=O) groups is 1. The van der Waals surface area contributed by atoms with Crippen LogP contribution in [-0.2, 0) is 0 Å². The lowest BCUT2D eigenvalue weighted by molar-refractivity contribution is 0.0880. The zero-order chi connectivity index (χ0) is 13.0. The molecule has 0 aromatic carbocycles. The van der Waals surface area contributed by atoms with Gasteiger partial charge in [-0.1, -0.05) is 12.8 Å². The Balaban J connectivity index is 1.96. The second-order valence-electron chi connectivity index (χ2n) is 4.92. The minimum atomic E-state index is -0.666. The van der Waals surface area contributed by atoms with Gasteiger partial charge in [-0.05, 0) is 18.9 Å². The highest BCUT2D eigenvalue weighted by Crippen LogP contribution is 2.36. The lowest BCUT2D eigenvalue weighted by Gasteiger charge is -2.26. The van der Waals surface area contributed by atoms with Gasteiger partial charge < -0.3 is 10.4 Å². The number of nitrogens with one attached hydrogen (secondary N) is 1. The maximum Gasteiger partial charge on any atom is 0.251 e. The van der Waals surface area contributed by atoms with Gasteiger partial charge in [0.25, 0.3) is 5.91 Å². The van der Waals surface area contributed by atoms with E-state index >= 15 is 0 Å². The van der Waals surface area contributed by atoms with Gasteiger partial charge >= 0.3 is 0 Å². The molecule has 4 nitrogen and oxygen atoms in total. The van der Waals surface area contributed by atoms with Crippen LogP contribution < -0.4 is 5.32 Å². The molecule has 0 aliphatic heterocycles. The van der Waals surface area contributed by atoms with Gasteiger partial charge in [0.15, 0.2) is 0 Å². The van der Waals surface area contributed by atoms with Crippen LogP contribution in [0.25, 0.3) is 0 Å². The van der Waals surface area contributed by atoms with E-state index in [1.807, 2.05) is 0 Å². The molecule has 1 aromatic heterocycles. The summed E-state index contributed by atoms with van der Waals surface area (Å²) in [4.78, 5) is 15.2. The Bertz CT molecular complexity index is 431. The fourth-order valence-corrected chi connectivity index (χ4v) is 2.43. The number of hydrogen-bond acceptors (Lipinski definition) is 3. The molecule has 2 N–H and O–H groups in total. The third-order valence-corrected chi connectivity index (χ3v) is 3.61. The molecule has 0 unspecified atom stereocenters. The molecule has 0 atom stereocenters. The first-order chi connectivity index (χ1) is 8.65. The van der Waals surface area contributed by atoms with Crippen molar-refractivity contribution in [2.75, 3.05) is 13.2 Å². The smallest absolute Gasteiger partial charge is 0.251 e. The van der Waals surface area contributed by atoms with E-state index in [1.165, 1.54) is 12.3 Å². The van der Waals surface area contributed by atoms with E-state index < -0.39 is 5.95 Å². The third-order valence-electron chi connectivity index (χ3n) is 3.61. The summed E-state index contributed by atoms with van der Waals surface area (Å²) in [7, 11) is 0. The topological polar surface area (TPSA) is 62.2 Å². The van der Waals surface area contributed by atoms with Crippen molar-refractivity contribution < 1.29 is 14.3 Å². The van der Waals surface area contributed by atoms with E-state index in [0.717, 1.165) is 31.7 Å². The molecular weight excluding hydrogens is 235 g/mol. The fourth-order valence-electron chi connectivity index (χ4n) is 2.43. The van der Waals surface area contributed by atoms with Crippen molar-refractivity contribution in [1.82, 2.24) is 10.3 Å². The molecule has 1 aliphatic rings. The zero-order valence-electron chi connectivity index (χ0n) is 10.2. The van der Waals surface area contributed by atoms with Crippen molar-refractivity contribution in [2.24, 2.45) is 5.41 Å². The van der Waals surface area contributed by atoms with Crippen molar-refractivity contribution >= 4 is 5.91 Å². The molecule has 1 aliphatic carbocycles. The molecule has 1 amide bonds. The van der Waals surface area contributed by atoms with Crippen LogP contribution in [0.3, 0.4) is 0 Å². The molecule has 5 heteroatoms. The molecule has 18 heavy (non-hydrogen) atoms. The normalized spacial score (nSPS) is 17.7. The molecule has 0 radical (unpaired) electrons. The number of halogens is 1.